The Hall–Kier alpha value is -2.28. The van der Waals surface area contributed by atoms with Gasteiger partial charge in [0.1, 0.15) is 0 Å². The van der Waals surface area contributed by atoms with Crippen LogP contribution in [0.1, 0.15) is 12.8 Å². The van der Waals surface area contributed by atoms with Gasteiger partial charge < -0.3 is 10.6 Å². The molecule has 3 aromatic rings. The topological polar surface area (TPSA) is 96.6 Å². The van der Waals surface area contributed by atoms with Gasteiger partial charge >= 0.3 is 0 Å². The van der Waals surface area contributed by atoms with E-state index in [0.717, 1.165) is 42.4 Å². The smallest absolute Gasteiger partial charge is 0.182 e. The minimum absolute atomic E-state index is 0.214. The Labute approximate surface area is 115 Å². The number of hydrogen-bond donors (Lipinski definition) is 2. The van der Waals surface area contributed by atoms with Crippen LogP contribution in [0.2, 0.25) is 0 Å². The fraction of sp³-hybridized carbons (Fsp3) is 0.385. The molecule has 0 bridgehead atoms. The van der Waals surface area contributed by atoms with Gasteiger partial charge in [-0.3, -0.25) is 5.10 Å². The van der Waals surface area contributed by atoms with Crippen LogP contribution in [0.4, 0.5) is 5.69 Å². The highest BCUT2D eigenvalue weighted by atomic mass is 15.2. The van der Waals surface area contributed by atoms with E-state index in [2.05, 4.69) is 30.3 Å². The van der Waals surface area contributed by atoms with Crippen LogP contribution in [0, 0.1) is 0 Å². The lowest BCUT2D eigenvalue weighted by molar-refractivity contribution is 0.506. The number of anilines is 1. The van der Waals surface area contributed by atoms with Crippen LogP contribution in [0.15, 0.2) is 18.5 Å². The Morgan fingerprint density at radius 1 is 1.35 bits per heavy atom. The zero-order valence-corrected chi connectivity index (χ0v) is 11.0. The number of aromatic amines is 1. The first-order chi connectivity index (χ1) is 9.83. The number of H-pyrrole nitrogens is 1. The maximum Gasteiger partial charge on any atom is 0.182 e. The zero-order valence-electron chi connectivity index (χ0n) is 11.0. The lowest BCUT2D eigenvalue weighted by Gasteiger charge is -2.32. The molecule has 3 N–H and O–H groups in total. The summed E-state index contributed by atoms with van der Waals surface area (Å²) in [5.41, 5.74) is 8.50. The number of nitrogens with two attached hydrogens (primary N) is 1. The molecule has 0 saturated carbocycles. The van der Waals surface area contributed by atoms with Gasteiger partial charge in [-0.1, -0.05) is 0 Å². The molecule has 0 amide bonds. The second-order valence-electron chi connectivity index (χ2n) is 5.21. The third kappa shape index (κ3) is 1.70. The van der Waals surface area contributed by atoms with E-state index in [1.165, 1.54) is 0 Å². The van der Waals surface area contributed by atoms with E-state index in [4.69, 9.17) is 5.73 Å². The van der Waals surface area contributed by atoms with Gasteiger partial charge in [0, 0.05) is 30.7 Å². The van der Waals surface area contributed by atoms with Crippen LogP contribution < -0.4 is 10.6 Å². The highest BCUT2D eigenvalue weighted by Gasteiger charge is 2.20. The van der Waals surface area contributed by atoms with Crippen LogP contribution in [0.5, 0.6) is 0 Å². The second-order valence-corrected chi connectivity index (χ2v) is 5.21. The standard InChI is InChI=1S/C13H15N7/c14-8-2-1-5-20(7-8)10-6-16-17-13-11(10)9-3-4-15-12(9)18-19-13/h3-4,6,8H,1-2,5,7,14H2,(H,17,19). The molecule has 1 aliphatic heterocycles. The van der Waals surface area contributed by atoms with E-state index in [1.807, 2.05) is 12.3 Å². The van der Waals surface area contributed by atoms with Gasteiger partial charge in [0.25, 0.3) is 0 Å². The normalized spacial score (nSPS) is 19.9. The van der Waals surface area contributed by atoms with E-state index < -0.39 is 0 Å². The SMILES string of the molecule is NC1CCCN(c2cn[nH]c3nnc4nccc4c23)C1. The third-order valence-electron chi connectivity index (χ3n) is 3.84. The molecule has 0 radical (unpaired) electrons. The van der Waals surface area contributed by atoms with Gasteiger partial charge in [0.05, 0.1) is 17.3 Å². The van der Waals surface area contributed by atoms with E-state index in [1.54, 1.807) is 6.20 Å². The van der Waals surface area contributed by atoms with Gasteiger partial charge in [0.15, 0.2) is 11.3 Å². The monoisotopic (exact) mass is 269 g/mol. The molecule has 4 heterocycles. The Morgan fingerprint density at radius 3 is 3.20 bits per heavy atom. The van der Waals surface area contributed by atoms with Crippen molar-refractivity contribution < 1.29 is 0 Å². The highest BCUT2D eigenvalue weighted by Crippen LogP contribution is 2.30. The van der Waals surface area contributed by atoms with Crippen LogP contribution in [0.25, 0.3) is 22.1 Å². The molecular weight excluding hydrogens is 254 g/mol. The summed E-state index contributed by atoms with van der Waals surface area (Å²) in [4.78, 5) is 6.50. The number of nitrogens with zero attached hydrogens (tertiary/aromatic N) is 5. The number of nitrogens with one attached hydrogen (secondary N) is 1. The quantitative estimate of drug-likeness (QED) is 0.679. The maximum absolute atomic E-state index is 6.09. The van der Waals surface area contributed by atoms with Crippen molar-refractivity contribution in [3.63, 3.8) is 0 Å². The molecule has 4 rings (SSSR count). The van der Waals surface area contributed by atoms with Crippen molar-refractivity contribution in [3.05, 3.63) is 18.5 Å². The average molecular weight is 269 g/mol. The molecule has 1 saturated heterocycles. The highest BCUT2D eigenvalue weighted by molar-refractivity contribution is 6.08. The Kier molecular flexibility index (Phi) is 2.53. The number of piperidine rings is 1. The van der Waals surface area contributed by atoms with Gasteiger partial charge in [-0.15, -0.1) is 10.2 Å². The Morgan fingerprint density at radius 2 is 2.30 bits per heavy atom. The summed E-state index contributed by atoms with van der Waals surface area (Å²) in [5, 5.41) is 17.4. The van der Waals surface area contributed by atoms with E-state index in [9.17, 15) is 0 Å². The lowest BCUT2D eigenvalue weighted by Crippen LogP contribution is -2.43. The largest absolute Gasteiger partial charge is 0.368 e. The number of aromatic nitrogens is 5. The number of rotatable bonds is 1. The summed E-state index contributed by atoms with van der Waals surface area (Å²) in [7, 11) is 0. The molecular formula is C13H15N7. The molecule has 7 nitrogen and oxygen atoms in total. The van der Waals surface area contributed by atoms with Crippen molar-refractivity contribution in [2.24, 2.45) is 5.73 Å². The fourth-order valence-electron chi connectivity index (χ4n) is 2.90. The summed E-state index contributed by atoms with van der Waals surface area (Å²) in [6.07, 6.45) is 5.77. The van der Waals surface area contributed by atoms with Crippen molar-refractivity contribution in [1.29, 1.82) is 0 Å². The molecule has 0 aromatic carbocycles. The predicted molar refractivity (Wildman–Crippen MR) is 76.4 cm³/mol. The molecule has 20 heavy (non-hydrogen) atoms. The van der Waals surface area contributed by atoms with Crippen LogP contribution in [-0.4, -0.2) is 44.5 Å². The maximum atomic E-state index is 6.09. The summed E-state index contributed by atoms with van der Waals surface area (Å²) in [6, 6.07) is 2.18. The number of fused-ring (bicyclic) bond motifs is 3. The first-order valence-electron chi connectivity index (χ1n) is 6.78. The molecule has 1 unspecified atom stereocenters. The minimum atomic E-state index is 0.214. The van der Waals surface area contributed by atoms with Crippen LogP contribution in [-0.2, 0) is 0 Å². The van der Waals surface area contributed by atoms with Crippen LogP contribution in [0.3, 0.4) is 0 Å². The molecule has 0 aliphatic carbocycles. The van der Waals surface area contributed by atoms with E-state index >= 15 is 0 Å². The number of hydrogen-bond acceptors (Lipinski definition) is 6. The second kappa shape index (κ2) is 4.38. The molecule has 1 aliphatic rings. The molecule has 1 fully saturated rings. The van der Waals surface area contributed by atoms with Crippen molar-refractivity contribution in [2.75, 3.05) is 18.0 Å². The molecule has 7 heteroatoms. The first kappa shape index (κ1) is 11.5. The fourth-order valence-corrected chi connectivity index (χ4v) is 2.90. The van der Waals surface area contributed by atoms with Gasteiger partial charge in [-0.05, 0) is 18.9 Å². The summed E-state index contributed by atoms with van der Waals surface area (Å²) in [5.74, 6) is 0. The van der Waals surface area contributed by atoms with Crippen molar-refractivity contribution in [1.82, 2.24) is 25.4 Å². The van der Waals surface area contributed by atoms with Gasteiger partial charge in [-0.2, -0.15) is 5.10 Å². The average Bonchev–Trinajstić information content (AvgIpc) is 2.95. The Bertz CT molecular complexity index is 766. The minimum Gasteiger partial charge on any atom is -0.368 e. The summed E-state index contributed by atoms with van der Waals surface area (Å²) < 4.78 is 0. The van der Waals surface area contributed by atoms with Crippen LogP contribution >= 0.6 is 0 Å². The van der Waals surface area contributed by atoms with Crippen molar-refractivity contribution in [2.45, 2.75) is 18.9 Å². The first-order valence-corrected chi connectivity index (χ1v) is 6.78. The van der Waals surface area contributed by atoms with Gasteiger partial charge in [-0.25, -0.2) is 4.98 Å². The zero-order chi connectivity index (χ0) is 13.5. The predicted octanol–water partition coefficient (Wildman–Crippen LogP) is 0.829. The third-order valence-corrected chi connectivity index (χ3v) is 3.84. The molecule has 1 atom stereocenters. The lowest BCUT2D eigenvalue weighted by atomic mass is 10.1. The van der Waals surface area contributed by atoms with Crippen molar-refractivity contribution >= 4 is 27.8 Å². The van der Waals surface area contributed by atoms with Crippen molar-refractivity contribution in [3.8, 4) is 0 Å². The van der Waals surface area contributed by atoms with Gasteiger partial charge in [0.2, 0.25) is 0 Å². The van der Waals surface area contributed by atoms with E-state index in [0.29, 0.717) is 11.3 Å². The molecule has 3 aromatic heterocycles. The summed E-state index contributed by atoms with van der Waals surface area (Å²) in [6.45, 7) is 1.84. The van der Waals surface area contributed by atoms with E-state index in [-0.39, 0.29) is 6.04 Å². The molecule has 102 valence electrons. The molecule has 0 spiro atoms. The summed E-state index contributed by atoms with van der Waals surface area (Å²) >= 11 is 0. The Balaban J connectivity index is 1.96.